The SMILES string of the molecule is COCCNCc1cc(F)ccc1Sc1nnc(C)o1. The maximum absolute atomic E-state index is 13.4. The Kier molecular flexibility index (Phi) is 5.51. The van der Waals surface area contributed by atoms with Crippen LogP contribution in [0.3, 0.4) is 0 Å². The Morgan fingerprint density at radius 2 is 2.25 bits per heavy atom. The van der Waals surface area contributed by atoms with E-state index in [1.807, 2.05) is 0 Å². The van der Waals surface area contributed by atoms with Gasteiger partial charge in [-0.05, 0) is 35.5 Å². The van der Waals surface area contributed by atoms with Gasteiger partial charge in [0.05, 0.1) is 6.61 Å². The normalized spacial score (nSPS) is 10.9. The lowest BCUT2D eigenvalue weighted by Crippen LogP contribution is -2.19. The van der Waals surface area contributed by atoms with Gasteiger partial charge in [-0.2, -0.15) is 0 Å². The molecule has 20 heavy (non-hydrogen) atoms. The van der Waals surface area contributed by atoms with E-state index in [4.69, 9.17) is 9.15 Å². The van der Waals surface area contributed by atoms with Crippen molar-refractivity contribution in [3.05, 3.63) is 35.5 Å². The van der Waals surface area contributed by atoms with E-state index in [-0.39, 0.29) is 5.82 Å². The summed E-state index contributed by atoms with van der Waals surface area (Å²) in [5.41, 5.74) is 0.849. The first-order valence-corrected chi connectivity index (χ1v) is 6.96. The molecule has 5 nitrogen and oxygen atoms in total. The topological polar surface area (TPSA) is 60.2 Å². The molecule has 0 bridgehead atoms. The van der Waals surface area contributed by atoms with E-state index in [9.17, 15) is 4.39 Å². The van der Waals surface area contributed by atoms with Crippen molar-refractivity contribution in [3.63, 3.8) is 0 Å². The number of halogens is 1. The van der Waals surface area contributed by atoms with Gasteiger partial charge in [-0.3, -0.25) is 0 Å². The number of hydrogen-bond acceptors (Lipinski definition) is 6. The highest BCUT2D eigenvalue weighted by Gasteiger charge is 2.10. The van der Waals surface area contributed by atoms with Gasteiger partial charge in [-0.25, -0.2) is 4.39 Å². The molecule has 0 saturated heterocycles. The maximum Gasteiger partial charge on any atom is 0.281 e. The first-order valence-electron chi connectivity index (χ1n) is 6.15. The molecule has 2 aromatic rings. The number of rotatable bonds is 7. The second-order valence-electron chi connectivity index (χ2n) is 4.11. The zero-order valence-corrected chi connectivity index (χ0v) is 12.2. The van der Waals surface area contributed by atoms with Gasteiger partial charge in [0.15, 0.2) is 0 Å². The first kappa shape index (κ1) is 15.0. The van der Waals surface area contributed by atoms with E-state index in [2.05, 4.69) is 15.5 Å². The summed E-state index contributed by atoms with van der Waals surface area (Å²) in [6.45, 7) is 3.60. The number of aryl methyl sites for hydroxylation is 1. The quantitative estimate of drug-likeness (QED) is 0.792. The summed E-state index contributed by atoms with van der Waals surface area (Å²) in [5.74, 6) is 0.244. The smallest absolute Gasteiger partial charge is 0.281 e. The van der Waals surface area contributed by atoms with E-state index >= 15 is 0 Å². The lowest BCUT2D eigenvalue weighted by atomic mass is 10.2. The monoisotopic (exact) mass is 297 g/mol. The summed E-state index contributed by atoms with van der Waals surface area (Å²) in [7, 11) is 1.64. The highest BCUT2D eigenvalue weighted by Crippen LogP contribution is 2.29. The van der Waals surface area contributed by atoms with Gasteiger partial charge in [0.2, 0.25) is 5.89 Å². The average molecular weight is 297 g/mol. The highest BCUT2D eigenvalue weighted by molar-refractivity contribution is 7.99. The van der Waals surface area contributed by atoms with Crippen LogP contribution >= 0.6 is 11.8 Å². The number of aromatic nitrogens is 2. The van der Waals surface area contributed by atoms with E-state index in [0.29, 0.717) is 30.8 Å². The van der Waals surface area contributed by atoms with Crippen molar-refractivity contribution in [2.75, 3.05) is 20.3 Å². The molecule has 2 rings (SSSR count). The second-order valence-corrected chi connectivity index (χ2v) is 5.10. The fraction of sp³-hybridized carbons (Fsp3) is 0.385. The predicted octanol–water partition coefficient (Wildman–Crippen LogP) is 2.40. The Labute approximate surface area is 120 Å². The molecular weight excluding hydrogens is 281 g/mol. The fourth-order valence-corrected chi connectivity index (χ4v) is 2.43. The van der Waals surface area contributed by atoms with Gasteiger partial charge in [0.1, 0.15) is 5.82 Å². The van der Waals surface area contributed by atoms with Crippen LogP contribution in [0.4, 0.5) is 4.39 Å². The molecule has 108 valence electrons. The standard InChI is InChI=1S/C13H16FN3O2S/c1-9-16-17-13(19-9)20-12-4-3-11(14)7-10(12)8-15-5-6-18-2/h3-4,7,15H,5-6,8H2,1-2H3. The molecule has 1 aromatic heterocycles. The Bertz CT molecular complexity index is 562. The van der Waals surface area contributed by atoms with E-state index in [1.54, 1.807) is 20.1 Å². The van der Waals surface area contributed by atoms with Crippen LogP contribution in [-0.2, 0) is 11.3 Å². The Hall–Kier alpha value is -1.44. The minimum absolute atomic E-state index is 0.264. The van der Waals surface area contributed by atoms with Gasteiger partial charge in [0, 0.05) is 32.0 Å². The van der Waals surface area contributed by atoms with Crippen LogP contribution in [0.5, 0.6) is 0 Å². The van der Waals surface area contributed by atoms with Crippen molar-refractivity contribution in [3.8, 4) is 0 Å². The summed E-state index contributed by atoms with van der Waals surface area (Å²) in [6, 6.07) is 4.64. The van der Waals surface area contributed by atoms with Crippen LogP contribution in [0, 0.1) is 12.7 Å². The van der Waals surface area contributed by atoms with Gasteiger partial charge < -0.3 is 14.5 Å². The average Bonchev–Trinajstić information content (AvgIpc) is 2.83. The summed E-state index contributed by atoms with van der Waals surface area (Å²) in [5, 5.41) is 11.3. The molecule has 0 aliphatic rings. The van der Waals surface area contributed by atoms with E-state index < -0.39 is 0 Å². The molecule has 1 N–H and O–H groups in total. The largest absolute Gasteiger partial charge is 0.416 e. The molecule has 1 heterocycles. The fourth-order valence-electron chi connectivity index (χ4n) is 1.60. The van der Waals surface area contributed by atoms with Crippen molar-refractivity contribution >= 4 is 11.8 Å². The molecule has 0 amide bonds. The lowest BCUT2D eigenvalue weighted by molar-refractivity contribution is 0.199. The molecule has 0 atom stereocenters. The zero-order valence-electron chi connectivity index (χ0n) is 11.4. The maximum atomic E-state index is 13.4. The third kappa shape index (κ3) is 4.29. The molecule has 1 aromatic carbocycles. The number of methoxy groups -OCH3 is 1. The van der Waals surface area contributed by atoms with Gasteiger partial charge in [-0.15, -0.1) is 10.2 Å². The number of nitrogens with one attached hydrogen (secondary N) is 1. The van der Waals surface area contributed by atoms with Crippen molar-refractivity contribution < 1.29 is 13.5 Å². The van der Waals surface area contributed by atoms with Crippen LogP contribution in [0.15, 0.2) is 32.7 Å². The lowest BCUT2D eigenvalue weighted by Gasteiger charge is -2.09. The second kappa shape index (κ2) is 7.37. The molecule has 0 saturated carbocycles. The number of benzene rings is 1. The Balaban J connectivity index is 2.06. The third-order valence-electron chi connectivity index (χ3n) is 2.53. The van der Waals surface area contributed by atoms with Crippen LogP contribution in [0.25, 0.3) is 0 Å². The molecule has 0 unspecified atom stereocenters. The van der Waals surface area contributed by atoms with Gasteiger partial charge >= 0.3 is 0 Å². The molecule has 0 radical (unpaired) electrons. The minimum Gasteiger partial charge on any atom is -0.416 e. The third-order valence-corrected chi connectivity index (χ3v) is 3.48. The molecule has 0 aliphatic carbocycles. The Morgan fingerprint density at radius 1 is 1.40 bits per heavy atom. The van der Waals surface area contributed by atoms with Crippen molar-refractivity contribution in [2.45, 2.75) is 23.6 Å². The van der Waals surface area contributed by atoms with E-state index in [0.717, 1.165) is 10.5 Å². The highest BCUT2D eigenvalue weighted by atomic mass is 32.2. The van der Waals surface area contributed by atoms with Crippen LogP contribution in [-0.4, -0.2) is 30.5 Å². The number of hydrogen-bond donors (Lipinski definition) is 1. The molecular formula is C13H16FN3O2S. The van der Waals surface area contributed by atoms with Crippen LogP contribution in [0.2, 0.25) is 0 Å². The first-order chi connectivity index (χ1) is 9.69. The zero-order chi connectivity index (χ0) is 14.4. The van der Waals surface area contributed by atoms with Crippen molar-refractivity contribution in [1.82, 2.24) is 15.5 Å². The molecule has 0 spiro atoms. The summed E-state index contributed by atoms with van der Waals surface area (Å²) >= 11 is 1.33. The molecule has 7 heteroatoms. The number of nitrogens with zero attached hydrogens (tertiary/aromatic N) is 2. The Morgan fingerprint density at radius 3 is 2.95 bits per heavy atom. The van der Waals surface area contributed by atoms with Gasteiger partial charge in [-0.1, -0.05) is 0 Å². The van der Waals surface area contributed by atoms with Crippen LogP contribution < -0.4 is 5.32 Å². The van der Waals surface area contributed by atoms with Crippen molar-refractivity contribution in [1.29, 1.82) is 0 Å². The minimum atomic E-state index is -0.264. The number of ether oxygens (including phenoxy) is 1. The molecule has 0 fully saturated rings. The summed E-state index contributed by atoms with van der Waals surface area (Å²) in [6.07, 6.45) is 0. The summed E-state index contributed by atoms with van der Waals surface area (Å²) in [4.78, 5) is 0.889. The van der Waals surface area contributed by atoms with Crippen molar-refractivity contribution in [2.24, 2.45) is 0 Å². The summed E-state index contributed by atoms with van der Waals surface area (Å²) < 4.78 is 23.6. The molecule has 0 aliphatic heterocycles. The van der Waals surface area contributed by atoms with Crippen LogP contribution in [0.1, 0.15) is 11.5 Å². The van der Waals surface area contributed by atoms with Gasteiger partial charge in [0.25, 0.3) is 5.22 Å². The predicted molar refractivity (Wildman–Crippen MR) is 73.1 cm³/mol. The van der Waals surface area contributed by atoms with E-state index in [1.165, 1.54) is 23.9 Å².